The number of methoxy groups -OCH3 is 3. The summed E-state index contributed by atoms with van der Waals surface area (Å²) in [6.45, 7) is 3.01. The summed E-state index contributed by atoms with van der Waals surface area (Å²) in [6, 6.07) is 3.01. The first-order chi connectivity index (χ1) is 11.1. The molecule has 1 saturated heterocycles. The van der Waals surface area contributed by atoms with E-state index in [1.54, 1.807) is 12.1 Å². The van der Waals surface area contributed by atoms with Crippen LogP contribution in [0.15, 0.2) is 12.1 Å². The summed E-state index contributed by atoms with van der Waals surface area (Å²) in [4.78, 5) is 2.06. The first kappa shape index (κ1) is 20.7. The average Bonchev–Trinajstić information content (AvgIpc) is 2.59. The van der Waals surface area contributed by atoms with Crippen LogP contribution in [0.5, 0.6) is 17.2 Å². The monoisotopic (exact) mass is 366 g/mol. The maximum absolute atomic E-state index is 13.2. The zero-order valence-electron chi connectivity index (χ0n) is 14.2. The number of ether oxygens (including phenoxy) is 3. The van der Waals surface area contributed by atoms with Crippen LogP contribution in [0, 0.1) is 0 Å². The molecular formula is C16H25ClF2N2O3. The summed E-state index contributed by atoms with van der Waals surface area (Å²) in [5, 5.41) is 3.24. The highest BCUT2D eigenvalue weighted by molar-refractivity contribution is 5.85. The molecule has 0 spiro atoms. The van der Waals surface area contributed by atoms with E-state index < -0.39 is 12.5 Å². The quantitative estimate of drug-likeness (QED) is 0.803. The summed E-state index contributed by atoms with van der Waals surface area (Å²) >= 11 is 0. The number of alkyl halides is 2. The van der Waals surface area contributed by atoms with Crippen LogP contribution < -0.4 is 19.5 Å². The molecule has 0 aromatic heterocycles. The van der Waals surface area contributed by atoms with Gasteiger partial charge in [0.2, 0.25) is 6.43 Å². The molecule has 1 aromatic carbocycles. The summed E-state index contributed by atoms with van der Waals surface area (Å²) in [7, 11) is 4.59. The molecule has 1 atom stereocenters. The van der Waals surface area contributed by atoms with Gasteiger partial charge in [-0.2, -0.15) is 0 Å². The Labute approximate surface area is 147 Å². The van der Waals surface area contributed by atoms with Gasteiger partial charge in [-0.1, -0.05) is 0 Å². The van der Waals surface area contributed by atoms with Crippen LogP contribution in [0.4, 0.5) is 8.78 Å². The van der Waals surface area contributed by atoms with Gasteiger partial charge in [-0.05, 0) is 6.07 Å². The van der Waals surface area contributed by atoms with E-state index in [2.05, 4.69) is 10.2 Å². The number of nitrogens with one attached hydrogen (secondary N) is 1. The van der Waals surface area contributed by atoms with E-state index in [1.807, 2.05) is 0 Å². The third-order valence-corrected chi connectivity index (χ3v) is 4.09. The van der Waals surface area contributed by atoms with Crippen LogP contribution in [-0.4, -0.2) is 58.8 Å². The number of hydrogen-bond acceptors (Lipinski definition) is 5. The van der Waals surface area contributed by atoms with E-state index in [0.717, 1.165) is 26.2 Å². The molecule has 1 aliphatic heterocycles. The van der Waals surface area contributed by atoms with E-state index in [4.69, 9.17) is 14.2 Å². The third kappa shape index (κ3) is 4.84. The molecular weight excluding hydrogens is 342 g/mol. The fraction of sp³-hybridized carbons (Fsp3) is 0.625. The molecule has 8 heteroatoms. The Balaban J connectivity index is 0.00000288. The van der Waals surface area contributed by atoms with Crippen molar-refractivity contribution in [3.05, 3.63) is 17.7 Å². The fourth-order valence-corrected chi connectivity index (χ4v) is 2.95. The lowest BCUT2D eigenvalue weighted by Gasteiger charge is -2.36. The highest BCUT2D eigenvalue weighted by atomic mass is 35.5. The van der Waals surface area contributed by atoms with Gasteiger partial charge in [0.05, 0.1) is 21.3 Å². The second-order valence-corrected chi connectivity index (χ2v) is 5.38. The zero-order valence-corrected chi connectivity index (χ0v) is 15.0. The lowest BCUT2D eigenvalue weighted by atomic mass is 9.99. The van der Waals surface area contributed by atoms with Crippen molar-refractivity contribution in [1.29, 1.82) is 0 Å². The second-order valence-electron chi connectivity index (χ2n) is 5.38. The van der Waals surface area contributed by atoms with E-state index in [-0.39, 0.29) is 18.8 Å². The Morgan fingerprint density at radius 2 is 1.54 bits per heavy atom. The first-order valence-electron chi connectivity index (χ1n) is 7.63. The van der Waals surface area contributed by atoms with Gasteiger partial charge in [0.15, 0.2) is 11.5 Å². The largest absolute Gasteiger partial charge is 0.496 e. The van der Waals surface area contributed by atoms with Crippen molar-refractivity contribution in [2.45, 2.75) is 18.9 Å². The second kappa shape index (κ2) is 9.86. The normalized spacial score (nSPS) is 16.4. The lowest BCUT2D eigenvalue weighted by Crippen LogP contribution is -2.45. The molecule has 0 bridgehead atoms. The average molecular weight is 367 g/mol. The number of rotatable bonds is 7. The summed E-state index contributed by atoms with van der Waals surface area (Å²) < 4.78 is 42.3. The first-order valence-corrected chi connectivity index (χ1v) is 7.63. The highest BCUT2D eigenvalue weighted by Crippen LogP contribution is 2.41. The molecule has 0 saturated carbocycles. The van der Waals surface area contributed by atoms with Crippen LogP contribution >= 0.6 is 12.4 Å². The van der Waals surface area contributed by atoms with Crippen LogP contribution in [0.25, 0.3) is 0 Å². The van der Waals surface area contributed by atoms with Gasteiger partial charge < -0.3 is 19.5 Å². The van der Waals surface area contributed by atoms with Gasteiger partial charge in [0.25, 0.3) is 0 Å². The Morgan fingerprint density at radius 1 is 1.00 bits per heavy atom. The number of hydrogen-bond donors (Lipinski definition) is 1. The van der Waals surface area contributed by atoms with Gasteiger partial charge in [0.1, 0.15) is 5.75 Å². The molecule has 1 heterocycles. The summed E-state index contributed by atoms with van der Waals surface area (Å²) in [6.07, 6.45) is -2.64. The number of benzene rings is 1. The molecule has 1 aromatic rings. The minimum absolute atomic E-state index is 0. The molecule has 0 radical (unpaired) electrons. The Kier molecular flexibility index (Phi) is 8.52. The van der Waals surface area contributed by atoms with E-state index in [0.29, 0.717) is 22.8 Å². The highest BCUT2D eigenvalue weighted by Gasteiger charge is 2.29. The minimum atomic E-state index is -2.40. The number of halogens is 3. The molecule has 138 valence electrons. The number of piperazine rings is 1. The number of nitrogens with zero attached hydrogens (tertiary/aromatic N) is 1. The molecule has 24 heavy (non-hydrogen) atoms. The Hall–Kier alpha value is -1.31. The summed E-state index contributed by atoms with van der Waals surface area (Å²) in [5.41, 5.74) is 0.701. The lowest BCUT2D eigenvalue weighted by molar-refractivity contribution is 0.0728. The van der Waals surface area contributed by atoms with Crippen molar-refractivity contribution in [3.8, 4) is 17.2 Å². The topological polar surface area (TPSA) is 43.0 Å². The van der Waals surface area contributed by atoms with Crippen molar-refractivity contribution in [2.24, 2.45) is 0 Å². The van der Waals surface area contributed by atoms with Crippen molar-refractivity contribution in [1.82, 2.24) is 10.2 Å². The molecule has 0 unspecified atom stereocenters. The predicted octanol–water partition coefficient (Wildman–Crippen LogP) is 2.74. The van der Waals surface area contributed by atoms with Crippen molar-refractivity contribution >= 4 is 12.4 Å². The van der Waals surface area contributed by atoms with E-state index >= 15 is 0 Å². The minimum Gasteiger partial charge on any atom is -0.496 e. The van der Waals surface area contributed by atoms with E-state index in [9.17, 15) is 8.78 Å². The van der Waals surface area contributed by atoms with Crippen LogP contribution in [0.2, 0.25) is 0 Å². The van der Waals surface area contributed by atoms with Gasteiger partial charge in [-0.25, -0.2) is 8.78 Å². The summed E-state index contributed by atoms with van der Waals surface area (Å²) in [5.74, 6) is 1.56. The predicted molar refractivity (Wildman–Crippen MR) is 91.2 cm³/mol. The molecule has 1 fully saturated rings. The third-order valence-electron chi connectivity index (χ3n) is 4.09. The molecule has 1 aliphatic rings. The van der Waals surface area contributed by atoms with Crippen LogP contribution in [-0.2, 0) is 0 Å². The van der Waals surface area contributed by atoms with Crippen LogP contribution in [0.3, 0.4) is 0 Å². The van der Waals surface area contributed by atoms with Gasteiger partial charge >= 0.3 is 0 Å². The van der Waals surface area contributed by atoms with Gasteiger partial charge in [0, 0.05) is 50.3 Å². The standard InChI is InChI=1S/C16H24F2N2O3.ClH/c1-21-13-10-15(23-3)14(22-2)8-11(13)12(9-16(17)18)20-6-4-19-5-7-20;/h8,10,12,16,19H,4-7,9H2,1-3H3;1H/t12-;/m1./s1. The Morgan fingerprint density at radius 3 is 2.04 bits per heavy atom. The molecule has 1 N–H and O–H groups in total. The van der Waals surface area contributed by atoms with Crippen molar-refractivity contribution in [2.75, 3.05) is 47.5 Å². The zero-order chi connectivity index (χ0) is 16.8. The molecule has 0 amide bonds. The van der Waals surface area contributed by atoms with Crippen LogP contribution in [0.1, 0.15) is 18.0 Å². The Bertz CT molecular complexity index is 514. The van der Waals surface area contributed by atoms with Crippen molar-refractivity contribution < 1.29 is 23.0 Å². The van der Waals surface area contributed by atoms with Gasteiger partial charge in [-0.3, -0.25) is 4.90 Å². The smallest absolute Gasteiger partial charge is 0.240 e. The molecule has 2 rings (SSSR count). The van der Waals surface area contributed by atoms with Crippen molar-refractivity contribution in [3.63, 3.8) is 0 Å². The van der Waals surface area contributed by atoms with Gasteiger partial charge in [-0.15, -0.1) is 12.4 Å². The SMILES string of the molecule is COc1cc(OC)c([C@@H](CC(F)F)N2CCNCC2)cc1OC.Cl. The maximum atomic E-state index is 13.2. The van der Waals surface area contributed by atoms with E-state index in [1.165, 1.54) is 21.3 Å². The maximum Gasteiger partial charge on any atom is 0.240 e. The fourth-order valence-electron chi connectivity index (χ4n) is 2.95. The molecule has 5 nitrogen and oxygen atoms in total. The molecule has 0 aliphatic carbocycles.